The van der Waals surface area contributed by atoms with Gasteiger partial charge in [-0.25, -0.2) is 0 Å². The van der Waals surface area contributed by atoms with Crippen LogP contribution in [-0.4, -0.2) is 18.3 Å². The standard InChI is InChI=1S/C17H19NO3.C2H6/c18-15-6-4-13(5-7-15)11-21-16-3-1-2-14(10-16)17(19)8-9-20-12-17;1-2/h1-7,10,19H,8-9,11-12,18H2;1-2H3. The maximum absolute atomic E-state index is 10.5. The predicted octanol–water partition coefficient (Wildman–Crippen LogP) is 3.48. The van der Waals surface area contributed by atoms with Gasteiger partial charge in [0.1, 0.15) is 18.0 Å². The predicted molar refractivity (Wildman–Crippen MR) is 92.3 cm³/mol. The Kier molecular flexibility index (Phi) is 6.02. The summed E-state index contributed by atoms with van der Waals surface area (Å²) in [5.41, 5.74) is 7.41. The first-order chi connectivity index (χ1) is 11.2. The van der Waals surface area contributed by atoms with Crippen molar-refractivity contribution in [3.8, 4) is 5.75 Å². The zero-order chi connectivity index (χ0) is 16.7. The Bertz CT molecular complexity index is 604. The van der Waals surface area contributed by atoms with E-state index >= 15 is 0 Å². The van der Waals surface area contributed by atoms with E-state index in [9.17, 15) is 5.11 Å². The second-order valence-electron chi connectivity index (χ2n) is 5.39. The van der Waals surface area contributed by atoms with Crippen molar-refractivity contribution in [2.75, 3.05) is 18.9 Å². The van der Waals surface area contributed by atoms with Gasteiger partial charge in [-0.05, 0) is 35.4 Å². The highest BCUT2D eigenvalue weighted by molar-refractivity contribution is 5.39. The van der Waals surface area contributed by atoms with Gasteiger partial charge in [-0.15, -0.1) is 0 Å². The van der Waals surface area contributed by atoms with Crippen molar-refractivity contribution in [1.82, 2.24) is 0 Å². The van der Waals surface area contributed by atoms with Gasteiger partial charge in [0, 0.05) is 18.7 Å². The van der Waals surface area contributed by atoms with Gasteiger partial charge in [-0.2, -0.15) is 0 Å². The molecule has 0 radical (unpaired) electrons. The Morgan fingerprint density at radius 1 is 1.17 bits per heavy atom. The fourth-order valence-electron chi connectivity index (χ4n) is 2.44. The van der Waals surface area contributed by atoms with Crippen LogP contribution in [0.15, 0.2) is 48.5 Å². The van der Waals surface area contributed by atoms with E-state index in [-0.39, 0.29) is 0 Å². The van der Waals surface area contributed by atoms with Crippen LogP contribution in [0.3, 0.4) is 0 Å². The third-order valence-electron chi connectivity index (χ3n) is 3.76. The summed E-state index contributed by atoms with van der Waals surface area (Å²) in [6.45, 7) is 5.40. The Balaban J connectivity index is 0.000000924. The lowest BCUT2D eigenvalue weighted by Gasteiger charge is -2.21. The summed E-state index contributed by atoms with van der Waals surface area (Å²) < 4.78 is 11.1. The van der Waals surface area contributed by atoms with E-state index in [4.69, 9.17) is 15.2 Å². The van der Waals surface area contributed by atoms with Crippen molar-refractivity contribution < 1.29 is 14.6 Å². The molecule has 1 atom stereocenters. The normalized spacial score (nSPS) is 19.8. The fourth-order valence-corrected chi connectivity index (χ4v) is 2.44. The van der Waals surface area contributed by atoms with Crippen LogP contribution in [0.2, 0.25) is 0 Å². The Hall–Kier alpha value is -2.04. The van der Waals surface area contributed by atoms with Crippen LogP contribution < -0.4 is 10.5 Å². The first-order valence-electron chi connectivity index (χ1n) is 8.04. The number of rotatable bonds is 4. The zero-order valence-electron chi connectivity index (χ0n) is 13.8. The third-order valence-corrected chi connectivity index (χ3v) is 3.76. The largest absolute Gasteiger partial charge is 0.489 e. The molecule has 23 heavy (non-hydrogen) atoms. The maximum Gasteiger partial charge on any atom is 0.120 e. The van der Waals surface area contributed by atoms with Crippen LogP contribution in [-0.2, 0) is 16.9 Å². The van der Waals surface area contributed by atoms with E-state index in [2.05, 4.69) is 0 Å². The number of benzene rings is 2. The number of nitrogens with two attached hydrogens (primary N) is 1. The van der Waals surface area contributed by atoms with Crippen molar-refractivity contribution in [2.24, 2.45) is 0 Å². The van der Waals surface area contributed by atoms with Gasteiger partial charge in [0.05, 0.1) is 6.61 Å². The third kappa shape index (κ3) is 4.47. The van der Waals surface area contributed by atoms with Crippen LogP contribution in [0.1, 0.15) is 31.4 Å². The van der Waals surface area contributed by atoms with Gasteiger partial charge in [-0.1, -0.05) is 38.1 Å². The summed E-state index contributed by atoms with van der Waals surface area (Å²) in [6, 6.07) is 15.2. The number of anilines is 1. The lowest BCUT2D eigenvalue weighted by molar-refractivity contribution is 0.0230. The minimum absolute atomic E-state index is 0.342. The van der Waals surface area contributed by atoms with Crippen LogP contribution in [0.25, 0.3) is 0 Å². The Morgan fingerprint density at radius 3 is 2.57 bits per heavy atom. The SMILES string of the molecule is CC.Nc1ccc(COc2cccc(C3(O)CCOC3)c2)cc1. The number of aliphatic hydroxyl groups is 1. The molecule has 1 aliphatic heterocycles. The number of hydrogen-bond donors (Lipinski definition) is 2. The first kappa shape index (κ1) is 17.3. The molecule has 2 aromatic rings. The number of nitrogen functional groups attached to an aromatic ring is 1. The van der Waals surface area contributed by atoms with Gasteiger partial charge < -0.3 is 20.3 Å². The van der Waals surface area contributed by atoms with Crippen molar-refractivity contribution in [3.63, 3.8) is 0 Å². The molecule has 1 unspecified atom stereocenters. The fraction of sp³-hybridized carbons (Fsp3) is 0.368. The molecule has 0 aliphatic carbocycles. The van der Waals surface area contributed by atoms with Gasteiger partial charge in [-0.3, -0.25) is 0 Å². The molecule has 4 heteroatoms. The van der Waals surface area contributed by atoms with Crippen molar-refractivity contribution in [3.05, 3.63) is 59.7 Å². The minimum Gasteiger partial charge on any atom is -0.489 e. The average Bonchev–Trinajstić information content (AvgIpc) is 3.05. The van der Waals surface area contributed by atoms with Crippen LogP contribution in [0.5, 0.6) is 5.75 Å². The molecule has 0 bridgehead atoms. The van der Waals surface area contributed by atoms with Gasteiger partial charge in [0.25, 0.3) is 0 Å². The number of hydrogen-bond acceptors (Lipinski definition) is 4. The molecular formula is C19H25NO3. The molecule has 4 nitrogen and oxygen atoms in total. The smallest absolute Gasteiger partial charge is 0.120 e. The van der Waals surface area contributed by atoms with Crippen LogP contribution >= 0.6 is 0 Å². The molecule has 1 heterocycles. The van der Waals surface area contributed by atoms with Crippen molar-refractivity contribution >= 4 is 5.69 Å². The highest BCUT2D eigenvalue weighted by atomic mass is 16.5. The molecule has 2 aromatic carbocycles. The average molecular weight is 315 g/mol. The van der Waals surface area contributed by atoms with E-state index in [1.54, 1.807) is 0 Å². The minimum atomic E-state index is -0.888. The molecule has 124 valence electrons. The summed E-state index contributed by atoms with van der Waals surface area (Å²) in [6.07, 6.45) is 0.619. The van der Waals surface area contributed by atoms with Gasteiger partial charge in [0.15, 0.2) is 0 Å². The molecule has 0 amide bonds. The first-order valence-corrected chi connectivity index (χ1v) is 8.04. The summed E-state index contributed by atoms with van der Waals surface area (Å²) in [5.74, 6) is 0.740. The Morgan fingerprint density at radius 2 is 1.91 bits per heavy atom. The van der Waals surface area contributed by atoms with E-state index in [1.807, 2.05) is 62.4 Å². The van der Waals surface area contributed by atoms with Gasteiger partial charge in [0.2, 0.25) is 0 Å². The summed E-state index contributed by atoms with van der Waals surface area (Å²) in [4.78, 5) is 0. The molecule has 1 saturated heterocycles. The highest BCUT2D eigenvalue weighted by Gasteiger charge is 2.34. The summed E-state index contributed by atoms with van der Waals surface area (Å²) in [7, 11) is 0. The lowest BCUT2D eigenvalue weighted by atomic mass is 9.93. The summed E-state index contributed by atoms with van der Waals surface area (Å²) in [5, 5.41) is 10.5. The monoisotopic (exact) mass is 315 g/mol. The van der Waals surface area contributed by atoms with E-state index in [1.165, 1.54) is 0 Å². The molecule has 3 N–H and O–H groups in total. The van der Waals surface area contributed by atoms with Gasteiger partial charge >= 0.3 is 0 Å². The quantitative estimate of drug-likeness (QED) is 0.848. The molecular weight excluding hydrogens is 290 g/mol. The van der Waals surface area contributed by atoms with E-state index in [0.29, 0.717) is 26.2 Å². The van der Waals surface area contributed by atoms with Crippen LogP contribution in [0.4, 0.5) is 5.69 Å². The lowest BCUT2D eigenvalue weighted by Crippen LogP contribution is -2.25. The zero-order valence-corrected chi connectivity index (χ0v) is 13.8. The van der Waals surface area contributed by atoms with E-state index < -0.39 is 5.60 Å². The molecule has 0 aromatic heterocycles. The topological polar surface area (TPSA) is 64.7 Å². The van der Waals surface area contributed by atoms with Crippen molar-refractivity contribution in [2.45, 2.75) is 32.5 Å². The molecule has 0 spiro atoms. The molecule has 1 aliphatic rings. The second-order valence-corrected chi connectivity index (χ2v) is 5.39. The summed E-state index contributed by atoms with van der Waals surface area (Å²) >= 11 is 0. The highest BCUT2D eigenvalue weighted by Crippen LogP contribution is 2.32. The van der Waals surface area contributed by atoms with Crippen LogP contribution in [0, 0.1) is 0 Å². The van der Waals surface area contributed by atoms with Crippen molar-refractivity contribution in [1.29, 1.82) is 0 Å². The molecule has 3 rings (SSSR count). The Labute approximate surface area is 137 Å². The van der Waals surface area contributed by atoms with E-state index in [0.717, 1.165) is 22.6 Å². The maximum atomic E-state index is 10.5. The molecule has 0 saturated carbocycles. The number of ether oxygens (including phenoxy) is 2. The molecule has 1 fully saturated rings. The second kappa shape index (κ2) is 7.99.